The molecule has 1 aromatic carbocycles. The van der Waals surface area contributed by atoms with E-state index in [1.165, 1.54) is 24.3 Å². The first-order valence-electron chi connectivity index (χ1n) is 8.01. The molecule has 11 nitrogen and oxygen atoms in total. The van der Waals surface area contributed by atoms with Crippen LogP contribution in [0, 0.1) is 35.3 Å². The molecule has 0 atom stereocenters. The summed E-state index contributed by atoms with van der Waals surface area (Å²) in [6, 6.07) is 9.12. The molecule has 2 heterocycles. The van der Waals surface area contributed by atoms with Gasteiger partial charge in [0.2, 0.25) is 5.71 Å². The fourth-order valence-electron chi connectivity index (χ4n) is 2.61. The topological polar surface area (TPSA) is 162 Å². The number of hydrogen-bond acceptors (Lipinski definition) is 8. The highest BCUT2D eigenvalue weighted by atomic mass is 16.6. The van der Waals surface area contributed by atoms with E-state index >= 15 is 0 Å². The van der Waals surface area contributed by atoms with E-state index in [-0.39, 0.29) is 11.4 Å². The lowest BCUT2D eigenvalue weighted by Gasteiger charge is -2.05. The minimum absolute atomic E-state index is 0.0389. The van der Waals surface area contributed by atoms with Gasteiger partial charge >= 0.3 is 0 Å². The number of fused-ring (bicyclic) bond motifs is 1. The Kier molecular flexibility index (Phi) is 4.95. The molecule has 11 heteroatoms. The van der Waals surface area contributed by atoms with Crippen LogP contribution in [0.15, 0.2) is 35.4 Å². The Morgan fingerprint density at radius 3 is 2.82 bits per heavy atom. The molecule has 0 fully saturated rings. The molecule has 0 bridgehead atoms. The maximum absolute atomic E-state index is 12.3. The third kappa shape index (κ3) is 3.61. The molecule has 0 saturated heterocycles. The fraction of sp³-hybridized carbons (Fsp3) is 0.118. The molecule has 0 saturated carbocycles. The van der Waals surface area contributed by atoms with Gasteiger partial charge < -0.3 is 5.32 Å². The third-order valence-electron chi connectivity index (χ3n) is 3.80. The first-order chi connectivity index (χ1) is 13.4. The lowest BCUT2D eigenvalue weighted by atomic mass is 10.2. The van der Waals surface area contributed by atoms with Gasteiger partial charge in [0.05, 0.1) is 10.3 Å². The number of hydrogen-bond donors (Lipinski definition) is 3. The SMILES string of the molecule is Cc1cc(C)c2c(N/N=C(/C#N)C(=O)Nc3ccccc3[N+](=O)[O-])[nH]nc2n1. The van der Waals surface area contributed by atoms with Crippen molar-refractivity contribution < 1.29 is 9.72 Å². The van der Waals surface area contributed by atoms with E-state index in [1.807, 2.05) is 19.9 Å². The molecule has 28 heavy (non-hydrogen) atoms. The van der Waals surface area contributed by atoms with E-state index in [9.17, 15) is 20.2 Å². The summed E-state index contributed by atoms with van der Waals surface area (Å²) in [6.45, 7) is 3.71. The molecule has 0 aliphatic heterocycles. The molecular formula is C17H14N8O3. The Morgan fingerprint density at radius 1 is 1.36 bits per heavy atom. The van der Waals surface area contributed by atoms with E-state index in [0.717, 1.165) is 11.3 Å². The molecule has 3 N–H and O–H groups in total. The lowest BCUT2D eigenvalue weighted by molar-refractivity contribution is -0.383. The first-order valence-corrected chi connectivity index (χ1v) is 8.01. The number of benzene rings is 1. The van der Waals surface area contributed by atoms with Crippen LogP contribution in [0.4, 0.5) is 17.2 Å². The molecular weight excluding hydrogens is 364 g/mol. The standard InChI is InChI=1S/C17H14N8O3/c1-9-7-10(2)19-15-14(9)16(24-22-15)23-21-12(8-18)17(26)20-11-5-3-4-6-13(11)25(27)28/h3-7H,1-2H3,(H,20,26)(H2,19,22,23,24)/b21-12-. The molecule has 3 aromatic rings. The number of nitro benzene ring substituents is 1. The van der Waals surface area contributed by atoms with Gasteiger partial charge in [-0.15, -0.1) is 0 Å². The average molecular weight is 378 g/mol. The van der Waals surface area contributed by atoms with E-state index < -0.39 is 16.5 Å². The van der Waals surface area contributed by atoms with Gasteiger partial charge in [0, 0.05) is 11.8 Å². The van der Waals surface area contributed by atoms with E-state index in [0.29, 0.717) is 16.9 Å². The van der Waals surface area contributed by atoms with E-state index in [4.69, 9.17) is 0 Å². The number of aryl methyl sites for hydroxylation is 2. The zero-order chi connectivity index (χ0) is 20.3. The van der Waals surface area contributed by atoms with Gasteiger partial charge in [-0.3, -0.25) is 25.4 Å². The molecule has 0 unspecified atom stereocenters. The summed E-state index contributed by atoms with van der Waals surface area (Å²) in [6.07, 6.45) is 0. The maximum atomic E-state index is 12.3. The number of pyridine rings is 1. The van der Waals surface area contributed by atoms with Crippen molar-refractivity contribution in [3.63, 3.8) is 0 Å². The second-order valence-corrected chi connectivity index (χ2v) is 5.79. The maximum Gasteiger partial charge on any atom is 0.292 e. The summed E-state index contributed by atoms with van der Waals surface area (Å²) in [4.78, 5) is 27.0. The summed E-state index contributed by atoms with van der Waals surface area (Å²) >= 11 is 0. The number of carbonyl (C=O) groups excluding carboxylic acids is 1. The first kappa shape index (κ1) is 18.5. The van der Waals surface area contributed by atoms with Gasteiger partial charge in [-0.2, -0.15) is 15.5 Å². The van der Waals surface area contributed by atoms with Gasteiger partial charge in [0.15, 0.2) is 11.5 Å². The van der Waals surface area contributed by atoms with Crippen LogP contribution in [0.5, 0.6) is 0 Å². The zero-order valence-electron chi connectivity index (χ0n) is 14.8. The highest BCUT2D eigenvalue weighted by Gasteiger charge is 2.18. The summed E-state index contributed by atoms with van der Waals surface area (Å²) in [5.41, 5.74) is 3.90. The van der Waals surface area contributed by atoms with Crippen LogP contribution in [-0.2, 0) is 4.79 Å². The predicted octanol–water partition coefficient (Wildman–Crippen LogP) is 2.41. The molecule has 2 aromatic heterocycles. The predicted molar refractivity (Wildman–Crippen MR) is 102 cm³/mol. The van der Waals surface area contributed by atoms with Crippen molar-refractivity contribution in [2.75, 3.05) is 10.7 Å². The Balaban J connectivity index is 1.85. The Labute approximate surface area is 158 Å². The number of hydrazone groups is 1. The monoisotopic (exact) mass is 378 g/mol. The van der Waals surface area contributed by atoms with E-state index in [1.54, 1.807) is 6.07 Å². The van der Waals surface area contributed by atoms with Crippen LogP contribution >= 0.6 is 0 Å². The number of aromatic nitrogens is 3. The second kappa shape index (κ2) is 7.50. The Bertz CT molecular complexity index is 1160. The number of nitrogens with zero attached hydrogens (tertiary/aromatic N) is 5. The van der Waals surface area contributed by atoms with Gasteiger partial charge in [-0.25, -0.2) is 4.98 Å². The van der Waals surface area contributed by atoms with Gasteiger partial charge in [0.1, 0.15) is 11.8 Å². The number of H-pyrrole nitrogens is 1. The van der Waals surface area contributed by atoms with Crippen LogP contribution in [0.25, 0.3) is 11.0 Å². The number of rotatable bonds is 5. The quantitative estimate of drug-likeness (QED) is 0.349. The number of carbonyl (C=O) groups is 1. The summed E-state index contributed by atoms with van der Waals surface area (Å²) < 4.78 is 0. The second-order valence-electron chi connectivity index (χ2n) is 5.79. The molecule has 0 spiro atoms. The minimum atomic E-state index is -0.890. The summed E-state index contributed by atoms with van der Waals surface area (Å²) in [5.74, 6) is -0.523. The van der Waals surface area contributed by atoms with E-state index in [2.05, 4.69) is 31.0 Å². The zero-order valence-corrected chi connectivity index (χ0v) is 14.8. The molecule has 140 valence electrons. The number of anilines is 2. The van der Waals surface area contributed by atoms with Crippen molar-refractivity contribution in [2.24, 2.45) is 5.10 Å². The van der Waals surface area contributed by atoms with Gasteiger partial charge in [-0.05, 0) is 31.5 Å². The van der Waals surface area contributed by atoms with Crippen molar-refractivity contribution >= 4 is 39.8 Å². The van der Waals surface area contributed by atoms with Crippen LogP contribution in [0.2, 0.25) is 0 Å². The number of amides is 1. The highest BCUT2D eigenvalue weighted by molar-refractivity contribution is 6.49. The van der Waals surface area contributed by atoms with Gasteiger partial charge in [0.25, 0.3) is 11.6 Å². The van der Waals surface area contributed by atoms with Crippen LogP contribution < -0.4 is 10.7 Å². The van der Waals surface area contributed by atoms with Crippen molar-refractivity contribution in [3.8, 4) is 6.07 Å². The number of para-hydroxylation sites is 2. The molecule has 0 radical (unpaired) electrons. The normalized spacial score (nSPS) is 11.1. The third-order valence-corrected chi connectivity index (χ3v) is 3.80. The van der Waals surface area contributed by atoms with Crippen LogP contribution in [0.3, 0.4) is 0 Å². The number of aromatic amines is 1. The molecule has 0 aliphatic carbocycles. The molecule has 0 aliphatic rings. The van der Waals surface area contributed by atoms with Crippen LogP contribution in [0.1, 0.15) is 11.3 Å². The Morgan fingerprint density at radius 2 is 2.11 bits per heavy atom. The highest BCUT2D eigenvalue weighted by Crippen LogP contribution is 2.24. The number of nitrogens with one attached hydrogen (secondary N) is 3. The molecule has 1 amide bonds. The Hall–Kier alpha value is -4.33. The van der Waals surface area contributed by atoms with Gasteiger partial charge in [-0.1, -0.05) is 12.1 Å². The van der Waals surface area contributed by atoms with Crippen molar-refractivity contribution in [1.29, 1.82) is 5.26 Å². The minimum Gasteiger partial charge on any atom is -0.314 e. The van der Waals surface area contributed by atoms with Crippen molar-refractivity contribution in [3.05, 3.63) is 51.7 Å². The lowest BCUT2D eigenvalue weighted by Crippen LogP contribution is -2.23. The number of nitro groups is 1. The van der Waals surface area contributed by atoms with Crippen LogP contribution in [-0.4, -0.2) is 31.7 Å². The fourth-order valence-corrected chi connectivity index (χ4v) is 2.61. The summed E-state index contributed by atoms with van der Waals surface area (Å²) in [5, 5.41) is 33.8. The molecule has 3 rings (SSSR count). The summed E-state index contributed by atoms with van der Waals surface area (Å²) in [7, 11) is 0. The average Bonchev–Trinajstić information content (AvgIpc) is 3.05. The van der Waals surface area contributed by atoms with Crippen molar-refractivity contribution in [1.82, 2.24) is 15.2 Å². The van der Waals surface area contributed by atoms with Crippen molar-refractivity contribution in [2.45, 2.75) is 13.8 Å². The largest absolute Gasteiger partial charge is 0.314 e. The number of nitriles is 1. The smallest absolute Gasteiger partial charge is 0.292 e.